The van der Waals surface area contributed by atoms with E-state index in [1.165, 1.54) is 4.90 Å². The Morgan fingerprint density at radius 3 is 2.50 bits per heavy atom. The smallest absolute Gasteiger partial charge is 0.410 e. The highest BCUT2D eigenvalue weighted by Gasteiger charge is 2.37. The average molecular weight is 335 g/mol. The lowest BCUT2D eigenvalue weighted by Gasteiger charge is -2.24. The lowest BCUT2D eigenvalue weighted by atomic mass is 10.0. The largest absolute Gasteiger partial charge is 0.461 e. The minimum atomic E-state index is -0.748. The molecule has 1 N–H and O–H groups in total. The summed E-state index contributed by atoms with van der Waals surface area (Å²) < 4.78 is 10.5. The van der Waals surface area contributed by atoms with Crippen LogP contribution in [-0.2, 0) is 20.9 Å². The van der Waals surface area contributed by atoms with Crippen molar-refractivity contribution in [3.63, 3.8) is 0 Å². The van der Waals surface area contributed by atoms with Crippen LogP contribution in [0.1, 0.15) is 32.8 Å². The number of esters is 1. The van der Waals surface area contributed by atoms with E-state index in [-0.39, 0.29) is 38.0 Å². The maximum absolute atomic E-state index is 12.0. The molecule has 0 aliphatic carbocycles. The highest BCUT2D eigenvalue weighted by Crippen LogP contribution is 2.23. The van der Waals surface area contributed by atoms with Gasteiger partial charge in [0.15, 0.2) is 0 Å². The fourth-order valence-corrected chi connectivity index (χ4v) is 2.54. The number of carbonyl (C=O) groups excluding carboxylic acids is 2. The first-order valence-electron chi connectivity index (χ1n) is 8.10. The van der Waals surface area contributed by atoms with Gasteiger partial charge in [-0.2, -0.15) is 0 Å². The van der Waals surface area contributed by atoms with Crippen molar-refractivity contribution >= 4 is 12.1 Å². The molecule has 0 radical (unpaired) electrons. The highest BCUT2D eigenvalue weighted by molar-refractivity contribution is 5.71. The van der Waals surface area contributed by atoms with E-state index in [1.807, 2.05) is 30.3 Å². The van der Waals surface area contributed by atoms with Crippen molar-refractivity contribution in [2.24, 2.45) is 5.92 Å². The second-order valence-corrected chi connectivity index (χ2v) is 7.06. The number of ether oxygens (including phenoxy) is 2. The molecule has 24 heavy (non-hydrogen) atoms. The summed E-state index contributed by atoms with van der Waals surface area (Å²) in [6.07, 6.45) is -1.14. The van der Waals surface area contributed by atoms with Gasteiger partial charge < -0.3 is 19.5 Å². The van der Waals surface area contributed by atoms with Crippen LogP contribution in [0.2, 0.25) is 0 Å². The Labute approximate surface area is 142 Å². The molecule has 6 heteroatoms. The quantitative estimate of drug-likeness (QED) is 0.855. The minimum Gasteiger partial charge on any atom is -0.461 e. The number of hydrogen-bond acceptors (Lipinski definition) is 5. The van der Waals surface area contributed by atoms with Gasteiger partial charge in [-0.25, -0.2) is 4.79 Å². The van der Waals surface area contributed by atoms with E-state index in [0.717, 1.165) is 5.56 Å². The third kappa shape index (κ3) is 5.53. The summed E-state index contributed by atoms with van der Waals surface area (Å²) >= 11 is 0. The van der Waals surface area contributed by atoms with Gasteiger partial charge in [-0.15, -0.1) is 0 Å². The second kappa shape index (κ2) is 7.66. The van der Waals surface area contributed by atoms with E-state index < -0.39 is 17.8 Å². The molecule has 0 bridgehead atoms. The van der Waals surface area contributed by atoms with Gasteiger partial charge in [0.25, 0.3) is 0 Å². The molecule has 1 aliphatic rings. The zero-order valence-electron chi connectivity index (χ0n) is 14.4. The number of aliphatic hydroxyl groups excluding tert-OH is 1. The zero-order valence-corrected chi connectivity index (χ0v) is 14.4. The summed E-state index contributed by atoms with van der Waals surface area (Å²) in [7, 11) is 0. The van der Waals surface area contributed by atoms with E-state index in [0.29, 0.717) is 0 Å². The van der Waals surface area contributed by atoms with Gasteiger partial charge in [-0.1, -0.05) is 30.3 Å². The zero-order chi connectivity index (χ0) is 17.7. The fraction of sp³-hybridized carbons (Fsp3) is 0.556. The average Bonchev–Trinajstić information content (AvgIpc) is 2.86. The van der Waals surface area contributed by atoms with Crippen LogP contribution in [0.5, 0.6) is 0 Å². The highest BCUT2D eigenvalue weighted by atomic mass is 16.6. The number of benzene rings is 1. The number of carbonyl (C=O) groups is 2. The number of nitrogens with zero attached hydrogens (tertiary/aromatic N) is 1. The second-order valence-electron chi connectivity index (χ2n) is 7.06. The van der Waals surface area contributed by atoms with Gasteiger partial charge in [-0.3, -0.25) is 4.79 Å². The van der Waals surface area contributed by atoms with E-state index in [1.54, 1.807) is 20.8 Å². The molecule has 1 aromatic carbocycles. The maximum Gasteiger partial charge on any atom is 0.410 e. The first-order valence-corrected chi connectivity index (χ1v) is 8.10. The van der Waals surface area contributed by atoms with Crippen LogP contribution < -0.4 is 0 Å². The molecule has 1 fully saturated rings. The molecule has 1 amide bonds. The fourth-order valence-electron chi connectivity index (χ4n) is 2.54. The lowest BCUT2D eigenvalue weighted by molar-refractivity contribution is -0.146. The maximum atomic E-state index is 12.0. The number of β-amino-alcohol motifs (C(OH)–C–C–N with tert-alkyl or cyclic N) is 1. The number of rotatable bonds is 4. The number of likely N-dealkylation sites (tertiary alicyclic amines) is 1. The summed E-state index contributed by atoms with van der Waals surface area (Å²) in [5, 5.41) is 10.1. The Morgan fingerprint density at radius 2 is 1.88 bits per heavy atom. The molecule has 0 aromatic heterocycles. The van der Waals surface area contributed by atoms with Gasteiger partial charge >= 0.3 is 12.1 Å². The minimum absolute atomic E-state index is 0.0767. The van der Waals surface area contributed by atoms with Gasteiger partial charge in [0.05, 0.1) is 19.1 Å². The summed E-state index contributed by atoms with van der Waals surface area (Å²) in [5.74, 6) is -0.713. The molecule has 2 atom stereocenters. The van der Waals surface area contributed by atoms with Crippen LogP contribution >= 0.6 is 0 Å². The summed E-state index contributed by atoms with van der Waals surface area (Å²) in [6, 6.07) is 9.40. The molecule has 0 saturated carbocycles. The molecule has 6 nitrogen and oxygen atoms in total. The van der Waals surface area contributed by atoms with Crippen molar-refractivity contribution in [2.45, 2.75) is 45.5 Å². The molecule has 132 valence electrons. The van der Waals surface area contributed by atoms with Crippen LogP contribution in [0.4, 0.5) is 4.79 Å². The molecule has 1 aliphatic heterocycles. The predicted octanol–water partition coefficient (Wildman–Crippen LogP) is 2.35. The van der Waals surface area contributed by atoms with Crippen molar-refractivity contribution in [3.8, 4) is 0 Å². The van der Waals surface area contributed by atoms with Gasteiger partial charge in [-0.05, 0) is 26.3 Å². The summed E-state index contributed by atoms with van der Waals surface area (Å²) in [4.78, 5) is 25.4. The van der Waals surface area contributed by atoms with Crippen molar-refractivity contribution in [1.29, 1.82) is 0 Å². The molecule has 2 rings (SSSR count). The van der Waals surface area contributed by atoms with Crippen LogP contribution in [0, 0.1) is 5.92 Å². The Hall–Kier alpha value is -2.08. The standard InChI is InChI=1S/C18H25NO5/c1-18(2,3)24-17(22)19-10-14(15(20)11-19)9-16(21)23-12-13-7-5-4-6-8-13/h4-8,14-15,20H,9-12H2,1-3H3/t14-,15-/m1/s1. The van der Waals surface area contributed by atoms with Gasteiger partial charge in [0, 0.05) is 12.5 Å². The van der Waals surface area contributed by atoms with E-state index in [9.17, 15) is 14.7 Å². The monoisotopic (exact) mass is 335 g/mol. The summed E-state index contributed by atoms with van der Waals surface area (Å²) in [5.41, 5.74) is 0.322. The Kier molecular flexibility index (Phi) is 5.83. The molecule has 1 saturated heterocycles. The van der Waals surface area contributed by atoms with Crippen molar-refractivity contribution < 1.29 is 24.2 Å². The molecule has 1 heterocycles. The lowest BCUT2D eigenvalue weighted by Crippen LogP contribution is -2.35. The van der Waals surface area contributed by atoms with Crippen LogP contribution in [0.25, 0.3) is 0 Å². The van der Waals surface area contributed by atoms with Crippen molar-refractivity contribution in [2.75, 3.05) is 13.1 Å². The topological polar surface area (TPSA) is 76.1 Å². The van der Waals surface area contributed by atoms with Crippen molar-refractivity contribution in [3.05, 3.63) is 35.9 Å². The van der Waals surface area contributed by atoms with Crippen LogP contribution in [0.3, 0.4) is 0 Å². The van der Waals surface area contributed by atoms with Crippen LogP contribution in [-0.4, -0.2) is 46.9 Å². The normalized spacial score (nSPS) is 20.8. The van der Waals surface area contributed by atoms with E-state index in [2.05, 4.69) is 0 Å². The number of hydrogen-bond donors (Lipinski definition) is 1. The third-order valence-corrected chi connectivity index (χ3v) is 3.73. The van der Waals surface area contributed by atoms with Crippen molar-refractivity contribution in [1.82, 2.24) is 4.90 Å². The number of aliphatic hydroxyl groups is 1. The third-order valence-electron chi connectivity index (χ3n) is 3.73. The molecular formula is C18H25NO5. The van der Waals surface area contributed by atoms with E-state index >= 15 is 0 Å². The SMILES string of the molecule is CC(C)(C)OC(=O)N1C[C@@H](CC(=O)OCc2ccccc2)[C@H](O)C1. The predicted molar refractivity (Wildman–Crippen MR) is 88.2 cm³/mol. The van der Waals surface area contributed by atoms with Gasteiger partial charge in [0.2, 0.25) is 0 Å². The van der Waals surface area contributed by atoms with E-state index in [4.69, 9.17) is 9.47 Å². The first kappa shape index (κ1) is 18.3. The molecule has 0 spiro atoms. The Balaban J connectivity index is 1.80. The van der Waals surface area contributed by atoms with Gasteiger partial charge in [0.1, 0.15) is 12.2 Å². The number of amides is 1. The first-order chi connectivity index (χ1) is 11.2. The summed E-state index contributed by atoms with van der Waals surface area (Å²) in [6.45, 7) is 6.03. The molecule has 1 aromatic rings. The van der Waals surface area contributed by atoms with Crippen LogP contribution in [0.15, 0.2) is 30.3 Å². The Bertz CT molecular complexity index is 567. The molecular weight excluding hydrogens is 310 g/mol. The Morgan fingerprint density at radius 1 is 1.21 bits per heavy atom. The molecule has 0 unspecified atom stereocenters.